The highest BCUT2D eigenvalue weighted by molar-refractivity contribution is 5.83. The molecule has 136 valence electrons. The van der Waals surface area contributed by atoms with Crippen LogP contribution in [0.5, 0.6) is 0 Å². The zero-order valence-electron chi connectivity index (χ0n) is 15.7. The molecule has 3 aliphatic rings. The highest BCUT2D eigenvalue weighted by Crippen LogP contribution is 2.56. The van der Waals surface area contributed by atoms with Crippen molar-refractivity contribution < 1.29 is 4.79 Å². The Morgan fingerprint density at radius 1 is 1.00 bits per heavy atom. The summed E-state index contributed by atoms with van der Waals surface area (Å²) in [7, 11) is 0. The average molecular weight is 340 g/mol. The van der Waals surface area contributed by atoms with Crippen molar-refractivity contribution in [1.29, 1.82) is 0 Å². The van der Waals surface area contributed by atoms with E-state index in [1.807, 2.05) is 0 Å². The van der Waals surface area contributed by atoms with E-state index in [0.717, 1.165) is 12.8 Å². The minimum absolute atomic E-state index is 0.198. The predicted octanol–water partition coefficient (Wildman–Crippen LogP) is 5.36. The van der Waals surface area contributed by atoms with Crippen LogP contribution in [-0.4, -0.2) is 11.9 Å². The molecule has 3 saturated carbocycles. The number of carbonyl (C=O) groups is 1. The number of fused-ring (bicyclic) bond motifs is 2. The largest absolute Gasteiger partial charge is 0.353 e. The summed E-state index contributed by atoms with van der Waals surface area (Å²) >= 11 is 0. The molecule has 1 N–H and O–H groups in total. The van der Waals surface area contributed by atoms with Gasteiger partial charge in [-0.15, -0.1) is 0 Å². The van der Waals surface area contributed by atoms with Crippen LogP contribution in [0.4, 0.5) is 0 Å². The lowest BCUT2D eigenvalue weighted by Gasteiger charge is -2.52. The van der Waals surface area contributed by atoms with Gasteiger partial charge in [-0.3, -0.25) is 4.79 Å². The van der Waals surface area contributed by atoms with Gasteiger partial charge in [-0.25, -0.2) is 0 Å². The summed E-state index contributed by atoms with van der Waals surface area (Å²) in [6, 6.07) is 11.5. The summed E-state index contributed by atoms with van der Waals surface area (Å²) in [4.78, 5) is 13.3. The molecule has 1 aromatic carbocycles. The number of hydrogen-bond acceptors (Lipinski definition) is 1. The molecular weight excluding hydrogens is 306 g/mol. The molecule has 0 aromatic heterocycles. The summed E-state index contributed by atoms with van der Waals surface area (Å²) in [6.45, 7) is 2.25. The first-order valence-corrected chi connectivity index (χ1v) is 10.5. The first-order valence-electron chi connectivity index (χ1n) is 10.5. The van der Waals surface area contributed by atoms with Crippen molar-refractivity contribution in [2.45, 2.75) is 89.0 Å². The van der Waals surface area contributed by atoms with Crippen LogP contribution in [0, 0.1) is 11.3 Å². The molecule has 2 nitrogen and oxygen atoms in total. The SMILES string of the molecule is CC1(C(=O)NC2CCCCC2)CC2CCCC(c3ccccc3)(C2)C1. The molecule has 2 bridgehead atoms. The molecule has 25 heavy (non-hydrogen) atoms. The van der Waals surface area contributed by atoms with Crippen molar-refractivity contribution in [3.63, 3.8) is 0 Å². The van der Waals surface area contributed by atoms with E-state index in [4.69, 9.17) is 0 Å². The maximum atomic E-state index is 13.3. The van der Waals surface area contributed by atoms with Crippen LogP contribution in [0.3, 0.4) is 0 Å². The van der Waals surface area contributed by atoms with E-state index < -0.39 is 0 Å². The van der Waals surface area contributed by atoms with Gasteiger partial charge in [-0.05, 0) is 55.4 Å². The van der Waals surface area contributed by atoms with Gasteiger partial charge >= 0.3 is 0 Å². The second-order valence-electron chi connectivity index (χ2n) is 9.36. The maximum absolute atomic E-state index is 13.3. The van der Waals surface area contributed by atoms with E-state index in [-0.39, 0.29) is 10.8 Å². The Hall–Kier alpha value is -1.31. The van der Waals surface area contributed by atoms with Crippen molar-refractivity contribution in [2.75, 3.05) is 0 Å². The normalized spacial score (nSPS) is 36.0. The van der Waals surface area contributed by atoms with Gasteiger partial charge in [0.25, 0.3) is 0 Å². The Bertz CT molecular complexity index is 606. The van der Waals surface area contributed by atoms with Gasteiger partial charge in [0.05, 0.1) is 0 Å². The molecule has 0 spiro atoms. The molecule has 1 amide bonds. The Morgan fingerprint density at radius 3 is 2.52 bits per heavy atom. The molecule has 3 atom stereocenters. The highest BCUT2D eigenvalue weighted by Gasteiger charge is 2.51. The third kappa shape index (κ3) is 3.37. The zero-order chi connectivity index (χ0) is 17.3. The number of hydrogen-bond donors (Lipinski definition) is 1. The van der Waals surface area contributed by atoms with Crippen LogP contribution in [0.1, 0.15) is 83.1 Å². The molecule has 3 aliphatic carbocycles. The van der Waals surface area contributed by atoms with Crippen LogP contribution in [0.25, 0.3) is 0 Å². The van der Waals surface area contributed by atoms with Crippen molar-refractivity contribution in [3.8, 4) is 0 Å². The molecular formula is C23H33NO. The van der Waals surface area contributed by atoms with Gasteiger partial charge in [0.2, 0.25) is 5.91 Å². The summed E-state index contributed by atoms with van der Waals surface area (Å²) < 4.78 is 0. The molecule has 2 heteroatoms. The van der Waals surface area contributed by atoms with Crippen LogP contribution in [0.15, 0.2) is 30.3 Å². The van der Waals surface area contributed by atoms with Gasteiger partial charge < -0.3 is 5.32 Å². The summed E-state index contributed by atoms with van der Waals surface area (Å²) in [6.07, 6.45) is 13.5. The summed E-state index contributed by atoms with van der Waals surface area (Å²) in [5, 5.41) is 3.45. The average Bonchev–Trinajstić information content (AvgIpc) is 2.63. The Balaban J connectivity index is 1.56. The minimum Gasteiger partial charge on any atom is -0.353 e. The van der Waals surface area contributed by atoms with Crippen molar-refractivity contribution in [1.82, 2.24) is 5.32 Å². The Labute approximate surface area is 152 Å². The molecule has 0 radical (unpaired) electrons. The molecule has 3 unspecified atom stereocenters. The molecule has 0 heterocycles. The summed E-state index contributed by atoms with van der Waals surface area (Å²) in [5.41, 5.74) is 1.49. The standard InChI is InChI=1S/C23H33NO/c1-22(21(25)24-20-12-6-3-7-13-20)15-18-9-8-14-23(16-18,17-22)19-10-4-2-5-11-19/h2,4-5,10-11,18,20H,3,6-9,12-17H2,1H3,(H,24,25). The minimum atomic E-state index is -0.198. The van der Waals surface area contributed by atoms with Crippen molar-refractivity contribution in [3.05, 3.63) is 35.9 Å². The monoisotopic (exact) mass is 339 g/mol. The predicted molar refractivity (Wildman–Crippen MR) is 102 cm³/mol. The van der Waals surface area contributed by atoms with E-state index in [2.05, 4.69) is 42.6 Å². The van der Waals surface area contributed by atoms with E-state index in [1.54, 1.807) is 0 Å². The first kappa shape index (κ1) is 17.1. The second kappa shape index (κ2) is 6.78. The van der Waals surface area contributed by atoms with E-state index in [1.165, 1.54) is 63.4 Å². The topological polar surface area (TPSA) is 29.1 Å². The van der Waals surface area contributed by atoms with E-state index in [0.29, 0.717) is 17.9 Å². The summed E-state index contributed by atoms with van der Waals surface area (Å²) in [5.74, 6) is 1.05. The smallest absolute Gasteiger partial charge is 0.226 e. The fourth-order valence-electron chi connectivity index (χ4n) is 6.21. The number of rotatable bonds is 3. The quantitative estimate of drug-likeness (QED) is 0.789. The zero-order valence-corrected chi connectivity index (χ0v) is 15.7. The molecule has 3 fully saturated rings. The van der Waals surface area contributed by atoms with Gasteiger partial charge in [-0.2, -0.15) is 0 Å². The second-order valence-corrected chi connectivity index (χ2v) is 9.36. The fraction of sp³-hybridized carbons (Fsp3) is 0.696. The van der Waals surface area contributed by atoms with Gasteiger partial charge in [-0.1, -0.05) is 69.4 Å². The first-order chi connectivity index (χ1) is 12.1. The molecule has 0 aliphatic heterocycles. The van der Waals surface area contributed by atoms with Crippen LogP contribution >= 0.6 is 0 Å². The fourth-order valence-corrected chi connectivity index (χ4v) is 6.21. The lowest BCUT2D eigenvalue weighted by Crippen LogP contribution is -2.53. The van der Waals surface area contributed by atoms with E-state index in [9.17, 15) is 4.79 Å². The third-order valence-corrected chi connectivity index (χ3v) is 7.29. The number of carbonyl (C=O) groups excluding carboxylic acids is 1. The van der Waals surface area contributed by atoms with Crippen molar-refractivity contribution >= 4 is 5.91 Å². The number of benzene rings is 1. The van der Waals surface area contributed by atoms with Gasteiger partial charge in [0.1, 0.15) is 0 Å². The lowest BCUT2D eigenvalue weighted by molar-refractivity contribution is -0.136. The molecule has 1 aromatic rings. The molecule has 0 saturated heterocycles. The molecule has 4 rings (SSSR count). The number of amides is 1. The number of nitrogens with one attached hydrogen (secondary N) is 1. The highest BCUT2D eigenvalue weighted by atomic mass is 16.2. The van der Waals surface area contributed by atoms with Crippen LogP contribution < -0.4 is 5.32 Å². The van der Waals surface area contributed by atoms with E-state index >= 15 is 0 Å². The van der Waals surface area contributed by atoms with Crippen molar-refractivity contribution in [2.24, 2.45) is 11.3 Å². The Morgan fingerprint density at radius 2 is 1.76 bits per heavy atom. The van der Waals surface area contributed by atoms with Crippen LogP contribution in [-0.2, 0) is 10.2 Å². The third-order valence-electron chi connectivity index (χ3n) is 7.29. The van der Waals surface area contributed by atoms with Gasteiger partial charge in [0, 0.05) is 11.5 Å². The van der Waals surface area contributed by atoms with Crippen LogP contribution in [0.2, 0.25) is 0 Å². The maximum Gasteiger partial charge on any atom is 0.226 e. The van der Waals surface area contributed by atoms with Gasteiger partial charge in [0.15, 0.2) is 0 Å². The Kier molecular flexibility index (Phi) is 4.64. The lowest BCUT2D eigenvalue weighted by atomic mass is 9.52.